The molecule has 0 atom stereocenters. The van der Waals surface area contributed by atoms with Gasteiger partial charge in [-0.3, -0.25) is 0 Å². The van der Waals surface area contributed by atoms with Crippen molar-refractivity contribution in [3.8, 4) is 0 Å². The Kier molecular flexibility index (Phi) is 5.19. The number of hydrogen-bond donors (Lipinski definition) is 2. The fourth-order valence-electron chi connectivity index (χ4n) is 1.58. The molecule has 0 unspecified atom stereocenters. The molecule has 0 fully saturated rings. The third kappa shape index (κ3) is 4.80. The van der Waals surface area contributed by atoms with E-state index in [9.17, 15) is 26.3 Å². The number of nitrogen functional groups attached to an aromatic ring is 1. The Morgan fingerprint density at radius 1 is 1.09 bits per heavy atom. The van der Waals surface area contributed by atoms with Gasteiger partial charge in [-0.15, -0.1) is 0 Å². The Labute approximate surface area is 128 Å². The molecular formula is C15H14F6N2. The zero-order valence-corrected chi connectivity index (χ0v) is 12.0. The lowest BCUT2D eigenvalue weighted by molar-refractivity contribution is -0.136. The second kappa shape index (κ2) is 6.39. The molecule has 0 heterocycles. The molecule has 1 aromatic rings. The van der Waals surface area contributed by atoms with Crippen molar-refractivity contribution in [2.75, 3.05) is 5.73 Å². The Morgan fingerprint density at radius 3 is 2.13 bits per heavy atom. The van der Waals surface area contributed by atoms with Crippen LogP contribution in [-0.2, 0) is 6.18 Å². The molecule has 0 bridgehead atoms. The lowest BCUT2D eigenvalue weighted by atomic mass is 10.0. The highest BCUT2D eigenvalue weighted by molar-refractivity contribution is 5.74. The normalized spacial score (nSPS) is 14.0. The fraction of sp³-hybridized carbons (Fsp3) is 0.200. The van der Waals surface area contributed by atoms with Crippen molar-refractivity contribution in [3.05, 3.63) is 59.3 Å². The number of alkyl halides is 6. The summed E-state index contributed by atoms with van der Waals surface area (Å²) in [6.45, 7) is 4.32. The van der Waals surface area contributed by atoms with Crippen molar-refractivity contribution in [1.29, 1.82) is 0 Å². The van der Waals surface area contributed by atoms with Crippen molar-refractivity contribution in [3.63, 3.8) is 0 Å². The smallest absolute Gasteiger partial charge is 0.399 e. The van der Waals surface area contributed by atoms with E-state index in [2.05, 4.69) is 6.58 Å². The number of anilines is 1. The largest absolute Gasteiger partial charge is 0.418 e. The molecule has 0 amide bonds. The van der Waals surface area contributed by atoms with Crippen LogP contribution in [0.15, 0.2) is 48.2 Å². The van der Waals surface area contributed by atoms with Crippen LogP contribution < -0.4 is 11.5 Å². The molecule has 0 aromatic heterocycles. The summed E-state index contributed by atoms with van der Waals surface area (Å²) in [7, 11) is 0. The summed E-state index contributed by atoms with van der Waals surface area (Å²) in [4.78, 5) is 0. The molecule has 0 aliphatic carbocycles. The van der Waals surface area contributed by atoms with Gasteiger partial charge in [-0.1, -0.05) is 18.7 Å². The maximum atomic E-state index is 12.8. The highest BCUT2D eigenvalue weighted by atomic mass is 19.4. The first-order chi connectivity index (χ1) is 10.3. The topological polar surface area (TPSA) is 52.0 Å². The van der Waals surface area contributed by atoms with Crippen LogP contribution in [0.5, 0.6) is 0 Å². The van der Waals surface area contributed by atoms with Gasteiger partial charge in [0.2, 0.25) is 0 Å². The van der Waals surface area contributed by atoms with E-state index in [4.69, 9.17) is 11.5 Å². The Bertz CT molecular complexity index is 666. The number of rotatable bonds is 3. The summed E-state index contributed by atoms with van der Waals surface area (Å²) in [5.41, 5.74) is 7.63. The highest BCUT2D eigenvalue weighted by Crippen LogP contribution is 2.35. The zero-order chi connectivity index (χ0) is 18.0. The molecule has 0 saturated carbocycles. The van der Waals surface area contributed by atoms with Crippen LogP contribution in [0.4, 0.5) is 32.0 Å². The maximum absolute atomic E-state index is 12.8. The van der Waals surface area contributed by atoms with E-state index in [0.717, 1.165) is 31.2 Å². The molecule has 4 N–H and O–H groups in total. The molecule has 0 saturated heterocycles. The number of benzene rings is 1. The quantitative estimate of drug-likeness (QED) is 0.479. The zero-order valence-electron chi connectivity index (χ0n) is 12.0. The van der Waals surface area contributed by atoms with Crippen LogP contribution in [0.1, 0.15) is 18.1 Å². The molecule has 1 rings (SSSR count). The standard InChI is InChI=1S/C15H14F6N2/c1-8(3-5-12(22)9(2)14(16,17)18)10-4-6-13(23)11(7-10)15(19,20)21/h3-7H,1,22-23H2,2H3/b5-3-,12-9-. The van der Waals surface area contributed by atoms with Crippen LogP contribution in [-0.4, -0.2) is 6.18 Å². The van der Waals surface area contributed by atoms with Gasteiger partial charge >= 0.3 is 12.4 Å². The van der Waals surface area contributed by atoms with Crippen molar-refractivity contribution in [1.82, 2.24) is 0 Å². The van der Waals surface area contributed by atoms with E-state index in [1.165, 1.54) is 6.07 Å². The van der Waals surface area contributed by atoms with Gasteiger partial charge in [0.1, 0.15) is 0 Å². The van der Waals surface area contributed by atoms with Gasteiger partial charge in [0.25, 0.3) is 0 Å². The fourth-order valence-corrected chi connectivity index (χ4v) is 1.58. The Balaban J connectivity index is 3.11. The predicted octanol–water partition coefficient (Wildman–Crippen LogP) is 4.65. The first-order valence-corrected chi connectivity index (χ1v) is 6.21. The SMILES string of the molecule is C=C(/C=C\C(N)=C(/C)C(F)(F)F)c1ccc(N)c(C(F)(F)F)c1. The number of halogens is 6. The van der Waals surface area contributed by atoms with E-state index in [-0.39, 0.29) is 11.1 Å². The maximum Gasteiger partial charge on any atom is 0.418 e. The monoisotopic (exact) mass is 336 g/mol. The number of nitrogens with two attached hydrogens (primary N) is 2. The Morgan fingerprint density at radius 2 is 1.65 bits per heavy atom. The van der Waals surface area contributed by atoms with Crippen LogP contribution in [0.25, 0.3) is 5.57 Å². The van der Waals surface area contributed by atoms with E-state index >= 15 is 0 Å². The lowest BCUT2D eigenvalue weighted by Gasteiger charge is -2.12. The van der Waals surface area contributed by atoms with Crippen LogP contribution >= 0.6 is 0 Å². The third-order valence-corrected chi connectivity index (χ3v) is 3.05. The molecule has 0 aliphatic heterocycles. The minimum absolute atomic E-state index is 0.0634. The summed E-state index contributed by atoms with van der Waals surface area (Å²) in [5, 5.41) is 0. The summed E-state index contributed by atoms with van der Waals surface area (Å²) in [6, 6.07) is 3.11. The first kappa shape index (κ1) is 18.7. The van der Waals surface area contributed by atoms with E-state index in [1.54, 1.807) is 0 Å². The first-order valence-electron chi connectivity index (χ1n) is 6.21. The van der Waals surface area contributed by atoms with Crippen LogP contribution in [0.3, 0.4) is 0 Å². The summed E-state index contributed by atoms with van der Waals surface area (Å²) in [5.74, 6) is 0. The van der Waals surface area contributed by atoms with Crippen molar-refractivity contribution >= 4 is 11.3 Å². The molecule has 1 aromatic carbocycles. The molecule has 2 nitrogen and oxygen atoms in total. The van der Waals surface area contributed by atoms with Gasteiger partial charge in [0.15, 0.2) is 0 Å². The molecular weight excluding hydrogens is 322 g/mol. The number of hydrogen-bond acceptors (Lipinski definition) is 2. The molecule has 8 heteroatoms. The lowest BCUT2D eigenvalue weighted by Crippen LogP contribution is -2.14. The summed E-state index contributed by atoms with van der Waals surface area (Å²) >= 11 is 0. The van der Waals surface area contributed by atoms with Gasteiger partial charge in [0, 0.05) is 11.4 Å². The average molecular weight is 336 g/mol. The van der Waals surface area contributed by atoms with Gasteiger partial charge < -0.3 is 11.5 Å². The van der Waals surface area contributed by atoms with E-state index in [0.29, 0.717) is 0 Å². The highest BCUT2D eigenvalue weighted by Gasteiger charge is 2.33. The van der Waals surface area contributed by atoms with Gasteiger partial charge in [-0.25, -0.2) is 0 Å². The average Bonchev–Trinajstić information content (AvgIpc) is 2.41. The van der Waals surface area contributed by atoms with Gasteiger partial charge in [0.05, 0.1) is 11.1 Å². The van der Waals surface area contributed by atoms with Crippen LogP contribution in [0.2, 0.25) is 0 Å². The van der Waals surface area contributed by atoms with Crippen LogP contribution in [0, 0.1) is 0 Å². The summed E-state index contributed by atoms with van der Waals surface area (Å²) < 4.78 is 75.6. The van der Waals surface area contributed by atoms with Crippen molar-refractivity contribution in [2.45, 2.75) is 19.3 Å². The minimum Gasteiger partial charge on any atom is -0.399 e. The Hall–Kier alpha value is -2.38. The third-order valence-electron chi connectivity index (χ3n) is 3.05. The molecule has 0 spiro atoms. The second-order valence-electron chi connectivity index (χ2n) is 4.74. The molecule has 23 heavy (non-hydrogen) atoms. The van der Waals surface area contributed by atoms with Gasteiger partial charge in [-0.05, 0) is 36.3 Å². The molecule has 0 aliphatic rings. The van der Waals surface area contributed by atoms with Gasteiger partial charge in [-0.2, -0.15) is 26.3 Å². The van der Waals surface area contributed by atoms with E-state index in [1.807, 2.05) is 0 Å². The van der Waals surface area contributed by atoms with Crippen molar-refractivity contribution in [2.24, 2.45) is 5.73 Å². The minimum atomic E-state index is -4.64. The van der Waals surface area contributed by atoms with Crippen molar-refractivity contribution < 1.29 is 26.3 Å². The molecule has 126 valence electrons. The van der Waals surface area contributed by atoms with E-state index < -0.39 is 34.9 Å². The molecule has 0 radical (unpaired) electrons. The summed E-state index contributed by atoms with van der Waals surface area (Å²) in [6.07, 6.45) is -7.18. The predicted molar refractivity (Wildman–Crippen MR) is 77.0 cm³/mol. The number of allylic oxidation sites excluding steroid dienone is 4. The second-order valence-corrected chi connectivity index (χ2v) is 4.74.